The Bertz CT molecular complexity index is 779. The third-order valence-corrected chi connectivity index (χ3v) is 6.42. The minimum Gasteiger partial charge on any atom is -0.227 e. The second-order valence-electron chi connectivity index (χ2n) is 5.41. The van der Waals surface area contributed by atoms with Gasteiger partial charge in [0.15, 0.2) is 14.6 Å². The number of hydrogen-bond donors (Lipinski definition) is 0. The van der Waals surface area contributed by atoms with Crippen LogP contribution in [-0.4, -0.2) is 13.2 Å². The van der Waals surface area contributed by atoms with Crippen molar-refractivity contribution in [3.05, 3.63) is 71.8 Å². The lowest BCUT2D eigenvalue weighted by atomic mass is 10.1. The van der Waals surface area contributed by atoms with Crippen molar-refractivity contribution >= 4 is 9.84 Å². The third-order valence-electron chi connectivity index (χ3n) is 4.06. The standard InChI is InChI=1S/C17H15NO2S/c18-13-17(11-16(17)15-9-5-2-6-10-15)21(19,20)12-14-7-3-1-4-8-14/h1-10,16H,11-12H2. The Balaban J connectivity index is 1.90. The molecule has 2 aromatic rings. The van der Waals surface area contributed by atoms with Crippen LogP contribution in [0.3, 0.4) is 0 Å². The SMILES string of the molecule is N#CC1(S(=O)(=O)Cc2ccccc2)CC1c1ccccc1. The van der Waals surface area contributed by atoms with Crippen LogP contribution in [-0.2, 0) is 15.6 Å². The molecule has 4 heteroatoms. The van der Waals surface area contributed by atoms with E-state index in [9.17, 15) is 13.7 Å². The summed E-state index contributed by atoms with van der Waals surface area (Å²) in [6.45, 7) is 0. The molecule has 21 heavy (non-hydrogen) atoms. The van der Waals surface area contributed by atoms with Crippen LogP contribution in [0.1, 0.15) is 23.5 Å². The second-order valence-corrected chi connectivity index (χ2v) is 7.66. The Labute approximate surface area is 124 Å². The molecule has 2 unspecified atom stereocenters. The maximum absolute atomic E-state index is 12.7. The molecule has 1 fully saturated rings. The fourth-order valence-corrected chi connectivity index (χ4v) is 4.79. The van der Waals surface area contributed by atoms with Crippen molar-refractivity contribution in [3.8, 4) is 6.07 Å². The van der Waals surface area contributed by atoms with E-state index in [1.807, 2.05) is 48.5 Å². The summed E-state index contributed by atoms with van der Waals surface area (Å²) in [4.78, 5) is 0. The molecular weight excluding hydrogens is 282 g/mol. The average Bonchev–Trinajstić information content (AvgIpc) is 3.25. The van der Waals surface area contributed by atoms with Gasteiger partial charge in [-0.25, -0.2) is 8.42 Å². The molecule has 0 heterocycles. The molecule has 2 atom stereocenters. The maximum atomic E-state index is 12.7. The van der Waals surface area contributed by atoms with E-state index in [1.54, 1.807) is 12.1 Å². The molecule has 1 aliphatic rings. The highest BCUT2D eigenvalue weighted by atomic mass is 32.2. The Kier molecular flexibility index (Phi) is 3.30. The molecular formula is C17H15NO2S. The molecule has 3 rings (SSSR count). The highest BCUT2D eigenvalue weighted by Gasteiger charge is 2.64. The lowest BCUT2D eigenvalue weighted by Crippen LogP contribution is -2.25. The number of sulfone groups is 1. The molecule has 0 saturated heterocycles. The van der Waals surface area contributed by atoms with E-state index in [4.69, 9.17) is 0 Å². The van der Waals surface area contributed by atoms with Gasteiger partial charge in [-0.3, -0.25) is 0 Å². The average molecular weight is 297 g/mol. The number of nitriles is 1. The van der Waals surface area contributed by atoms with Crippen LogP contribution in [0.5, 0.6) is 0 Å². The summed E-state index contributed by atoms with van der Waals surface area (Å²) in [5.41, 5.74) is 1.65. The van der Waals surface area contributed by atoms with Gasteiger partial charge in [0, 0.05) is 5.92 Å². The lowest BCUT2D eigenvalue weighted by molar-refractivity contribution is 0.586. The Morgan fingerprint density at radius 3 is 2.19 bits per heavy atom. The van der Waals surface area contributed by atoms with Crippen LogP contribution in [0.25, 0.3) is 0 Å². The Morgan fingerprint density at radius 1 is 1.05 bits per heavy atom. The van der Waals surface area contributed by atoms with Crippen molar-refractivity contribution in [2.75, 3.05) is 0 Å². The van der Waals surface area contributed by atoms with Gasteiger partial charge in [-0.1, -0.05) is 60.7 Å². The van der Waals surface area contributed by atoms with Crippen LogP contribution in [0.2, 0.25) is 0 Å². The van der Waals surface area contributed by atoms with Gasteiger partial charge in [-0.05, 0) is 17.5 Å². The van der Waals surface area contributed by atoms with Gasteiger partial charge in [-0.15, -0.1) is 0 Å². The van der Waals surface area contributed by atoms with Gasteiger partial charge in [-0.2, -0.15) is 5.26 Å². The van der Waals surface area contributed by atoms with Crippen molar-refractivity contribution < 1.29 is 8.42 Å². The fourth-order valence-electron chi connectivity index (χ4n) is 2.78. The van der Waals surface area contributed by atoms with Crippen LogP contribution < -0.4 is 0 Å². The number of rotatable bonds is 4. The van der Waals surface area contributed by atoms with Gasteiger partial charge in [0.05, 0.1) is 11.8 Å². The van der Waals surface area contributed by atoms with Crippen molar-refractivity contribution in [1.82, 2.24) is 0 Å². The molecule has 3 nitrogen and oxygen atoms in total. The summed E-state index contributed by atoms with van der Waals surface area (Å²) in [5, 5.41) is 9.47. The van der Waals surface area contributed by atoms with Gasteiger partial charge in [0.1, 0.15) is 0 Å². The van der Waals surface area contributed by atoms with E-state index in [0.29, 0.717) is 6.42 Å². The summed E-state index contributed by atoms with van der Waals surface area (Å²) in [5.74, 6) is -0.289. The first-order valence-electron chi connectivity index (χ1n) is 6.81. The first kappa shape index (κ1) is 13.8. The molecule has 0 N–H and O–H groups in total. The highest BCUT2D eigenvalue weighted by Crippen LogP contribution is 2.57. The Hall–Kier alpha value is -2.12. The largest absolute Gasteiger partial charge is 0.227 e. The summed E-state index contributed by atoms with van der Waals surface area (Å²) in [7, 11) is -3.51. The first-order valence-corrected chi connectivity index (χ1v) is 8.47. The number of benzene rings is 2. The van der Waals surface area contributed by atoms with Gasteiger partial charge < -0.3 is 0 Å². The van der Waals surface area contributed by atoms with Gasteiger partial charge >= 0.3 is 0 Å². The molecule has 0 amide bonds. The maximum Gasteiger partial charge on any atom is 0.174 e. The highest BCUT2D eigenvalue weighted by molar-refractivity contribution is 7.92. The van der Waals surface area contributed by atoms with E-state index in [2.05, 4.69) is 6.07 Å². The predicted molar refractivity (Wildman–Crippen MR) is 81.2 cm³/mol. The molecule has 1 saturated carbocycles. The van der Waals surface area contributed by atoms with Crippen molar-refractivity contribution in [2.45, 2.75) is 22.8 Å². The molecule has 2 aromatic carbocycles. The zero-order chi connectivity index (χ0) is 14.9. The summed E-state index contributed by atoms with van der Waals surface area (Å²) >= 11 is 0. The number of nitrogens with zero attached hydrogens (tertiary/aromatic N) is 1. The second kappa shape index (κ2) is 5.01. The lowest BCUT2D eigenvalue weighted by Gasteiger charge is -2.11. The van der Waals surface area contributed by atoms with E-state index in [0.717, 1.165) is 11.1 Å². The first-order chi connectivity index (χ1) is 10.1. The predicted octanol–water partition coefficient (Wildman–Crippen LogP) is 3.05. The normalized spacial score (nSPS) is 24.2. The molecule has 106 valence electrons. The Morgan fingerprint density at radius 2 is 1.62 bits per heavy atom. The quantitative estimate of drug-likeness (QED) is 0.871. The van der Waals surface area contributed by atoms with E-state index in [1.165, 1.54) is 0 Å². The monoisotopic (exact) mass is 297 g/mol. The zero-order valence-corrected chi connectivity index (χ0v) is 12.3. The summed E-state index contributed by atoms with van der Waals surface area (Å²) in [6, 6.07) is 20.5. The van der Waals surface area contributed by atoms with E-state index < -0.39 is 14.6 Å². The topological polar surface area (TPSA) is 57.9 Å². The van der Waals surface area contributed by atoms with Crippen molar-refractivity contribution in [1.29, 1.82) is 5.26 Å². The van der Waals surface area contributed by atoms with Gasteiger partial charge in [0.2, 0.25) is 0 Å². The third kappa shape index (κ3) is 2.34. The smallest absolute Gasteiger partial charge is 0.174 e. The minimum atomic E-state index is -3.51. The fraction of sp³-hybridized carbons (Fsp3) is 0.235. The zero-order valence-electron chi connectivity index (χ0n) is 11.4. The van der Waals surface area contributed by atoms with Gasteiger partial charge in [0.25, 0.3) is 0 Å². The van der Waals surface area contributed by atoms with Crippen molar-refractivity contribution in [2.24, 2.45) is 0 Å². The van der Waals surface area contributed by atoms with E-state index in [-0.39, 0.29) is 11.7 Å². The molecule has 1 aliphatic carbocycles. The van der Waals surface area contributed by atoms with Crippen molar-refractivity contribution in [3.63, 3.8) is 0 Å². The van der Waals surface area contributed by atoms with Crippen LogP contribution >= 0.6 is 0 Å². The summed E-state index contributed by atoms with van der Waals surface area (Å²) in [6.07, 6.45) is 0.392. The molecule has 0 aromatic heterocycles. The minimum absolute atomic E-state index is 0.0786. The number of hydrogen-bond acceptors (Lipinski definition) is 3. The van der Waals surface area contributed by atoms with Crippen LogP contribution in [0, 0.1) is 11.3 Å². The summed E-state index contributed by atoms with van der Waals surface area (Å²) < 4.78 is 24.1. The molecule has 0 spiro atoms. The molecule has 0 aliphatic heterocycles. The van der Waals surface area contributed by atoms with Crippen LogP contribution in [0.4, 0.5) is 0 Å². The van der Waals surface area contributed by atoms with Crippen LogP contribution in [0.15, 0.2) is 60.7 Å². The van der Waals surface area contributed by atoms with E-state index >= 15 is 0 Å². The molecule has 0 bridgehead atoms. The molecule has 0 radical (unpaired) electrons.